The predicted molar refractivity (Wildman–Crippen MR) is 166 cm³/mol. The zero-order valence-corrected chi connectivity index (χ0v) is 27.6. The lowest BCUT2D eigenvalue weighted by molar-refractivity contribution is -0.316. The van der Waals surface area contributed by atoms with Crippen LogP contribution in [0.25, 0.3) is 0 Å². The SMILES string of the molecule is COc1ccc(C(=O)OC[C@]23CC[C@H]4[C@@H](CO[C@@]5(C)CC=CC(=O)[C@]45C)[C@]2(O)CC[C@@]3(O)[C@@](C)(O)[C@H]2CC(C)=C(C)C(=O)O2)cc1. The zero-order chi connectivity index (χ0) is 33.5. The molecule has 5 aliphatic rings. The van der Waals surface area contributed by atoms with Gasteiger partial charge in [-0.1, -0.05) is 11.6 Å². The van der Waals surface area contributed by atoms with E-state index in [-0.39, 0.29) is 49.6 Å². The van der Waals surface area contributed by atoms with Crippen LogP contribution < -0.4 is 4.74 Å². The Kier molecular flexibility index (Phi) is 7.67. The molecule has 3 N–H and O–H groups in total. The third kappa shape index (κ3) is 4.19. The van der Waals surface area contributed by atoms with Crippen LogP contribution in [0, 0.1) is 22.7 Å². The van der Waals surface area contributed by atoms with Crippen LogP contribution in [0.2, 0.25) is 0 Å². The first-order valence-corrected chi connectivity index (χ1v) is 16.2. The highest BCUT2D eigenvalue weighted by molar-refractivity contribution is 5.97. The molecular weight excluding hydrogens is 592 g/mol. The van der Waals surface area contributed by atoms with E-state index in [1.165, 1.54) is 14.0 Å². The van der Waals surface area contributed by atoms with Crippen molar-refractivity contribution < 1.29 is 48.7 Å². The average Bonchev–Trinajstić information content (AvgIpc) is 3.27. The van der Waals surface area contributed by atoms with Crippen molar-refractivity contribution in [2.75, 3.05) is 20.3 Å². The topological polar surface area (TPSA) is 149 Å². The smallest absolute Gasteiger partial charge is 0.338 e. The van der Waals surface area contributed by atoms with Gasteiger partial charge in [0, 0.05) is 17.9 Å². The number of ketones is 1. The number of rotatable bonds is 6. The number of allylic oxidation sites excluding steroid dienone is 1. The molecule has 0 unspecified atom stereocenters. The summed E-state index contributed by atoms with van der Waals surface area (Å²) < 4.78 is 23.4. The van der Waals surface area contributed by atoms with E-state index in [2.05, 4.69) is 0 Å². The number of carbonyl (C=O) groups excluding carboxylic acids is 3. The molecule has 3 fully saturated rings. The Morgan fingerprint density at radius 1 is 1.07 bits per heavy atom. The van der Waals surface area contributed by atoms with Gasteiger partial charge < -0.3 is 34.3 Å². The van der Waals surface area contributed by atoms with Crippen LogP contribution in [-0.2, 0) is 23.8 Å². The van der Waals surface area contributed by atoms with Gasteiger partial charge in [0.1, 0.15) is 29.7 Å². The standard InChI is InChI=1S/C36H46O10/c1-21-18-28(46-29(38)22(21)2)33(5,40)36(42)17-16-35(41)26-19-45-31(3)14-7-8-27(37)32(31,4)25(26)13-15-34(35,36)20-44-30(39)23-9-11-24(43-6)12-10-23/h7-12,25-26,28,40-42H,13-20H2,1-6H3/t25-,26+,28+,31-,32-,33-,34+,35+,36+/m0/s1. The summed E-state index contributed by atoms with van der Waals surface area (Å²) in [6.07, 6.45) is 3.61. The minimum Gasteiger partial charge on any atom is -0.497 e. The molecule has 10 nitrogen and oxygen atoms in total. The lowest BCUT2D eigenvalue weighted by Crippen LogP contribution is -2.76. The van der Waals surface area contributed by atoms with Gasteiger partial charge in [0.2, 0.25) is 0 Å². The maximum Gasteiger partial charge on any atom is 0.338 e. The zero-order valence-electron chi connectivity index (χ0n) is 27.6. The number of methoxy groups -OCH3 is 1. The van der Waals surface area contributed by atoms with E-state index < -0.39 is 63.8 Å². The molecule has 9 atom stereocenters. The Balaban J connectivity index is 1.42. The second-order valence-electron chi connectivity index (χ2n) is 14.8. The van der Waals surface area contributed by atoms with E-state index in [0.29, 0.717) is 24.2 Å². The number of fused-ring (bicyclic) bond motifs is 5. The molecule has 2 saturated carbocycles. The Hall–Kier alpha value is -3.05. The van der Waals surface area contributed by atoms with Gasteiger partial charge in [-0.05, 0) is 103 Å². The molecule has 1 saturated heterocycles. The lowest BCUT2D eigenvalue weighted by atomic mass is 9.44. The Bertz CT molecular complexity index is 1510. The molecule has 0 bridgehead atoms. The molecule has 0 spiro atoms. The van der Waals surface area contributed by atoms with E-state index in [1.54, 1.807) is 44.2 Å². The van der Waals surface area contributed by atoms with Gasteiger partial charge in [-0.25, -0.2) is 9.59 Å². The minimum absolute atomic E-state index is 0.0512. The van der Waals surface area contributed by atoms with Crippen LogP contribution in [0.1, 0.15) is 83.5 Å². The third-order valence-electron chi connectivity index (χ3n) is 13.1. The molecule has 0 aromatic heterocycles. The van der Waals surface area contributed by atoms with Crippen LogP contribution in [0.5, 0.6) is 5.75 Å². The van der Waals surface area contributed by atoms with Crippen molar-refractivity contribution in [2.45, 2.75) is 102 Å². The van der Waals surface area contributed by atoms with E-state index in [9.17, 15) is 29.7 Å². The van der Waals surface area contributed by atoms with Crippen LogP contribution in [0.4, 0.5) is 0 Å². The van der Waals surface area contributed by atoms with Gasteiger partial charge in [-0.3, -0.25) is 4.79 Å². The number of aliphatic hydroxyl groups is 3. The molecule has 3 aliphatic carbocycles. The number of esters is 2. The number of carbonyl (C=O) groups is 3. The van der Waals surface area contributed by atoms with Crippen LogP contribution in [0.3, 0.4) is 0 Å². The molecule has 0 radical (unpaired) electrons. The van der Waals surface area contributed by atoms with Crippen LogP contribution in [0.15, 0.2) is 47.6 Å². The van der Waals surface area contributed by atoms with Crippen molar-refractivity contribution in [3.8, 4) is 5.75 Å². The molecule has 0 amide bonds. The molecule has 2 heterocycles. The first-order chi connectivity index (χ1) is 21.5. The van der Waals surface area contributed by atoms with Crippen molar-refractivity contribution in [3.05, 3.63) is 53.1 Å². The fourth-order valence-corrected chi connectivity index (χ4v) is 9.64. The molecule has 10 heteroatoms. The van der Waals surface area contributed by atoms with Crippen molar-refractivity contribution in [3.63, 3.8) is 0 Å². The summed E-state index contributed by atoms with van der Waals surface area (Å²) >= 11 is 0. The summed E-state index contributed by atoms with van der Waals surface area (Å²) in [6.45, 7) is 8.45. The van der Waals surface area contributed by atoms with E-state index >= 15 is 0 Å². The number of hydrogen-bond acceptors (Lipinski definition) is 10. The number of hydrogen-bond donors (Lipinski definition) is 3. The van der Waals surface area contributed by atoms with Gasteiger partial charge in [0.25, 0.3) is 0 Å². The van der Waals surface area contributed by atoms with Gasteiger partial charge in [0.05, 0.1) is 41.3 Å². The van der Waals surface area contributed by atoms with Crippen molar-refractivity contribution >= 4 is 17.7 Å². The highest BCUT2D eigenvalue weighted by Crippen LogP contribution is 2.70. The lowest BCUT2D eigenvalue weighted by Gasteiger charge is -2.66. The average molecular weight is 639 g/mol. The monoisotopic (exact) mass is 638 g/mol. The first-order valence-electron chi connectivity index (χ1n) is 16.2. The van der Waals surface area contributed by atoms with Gasteiger partial charge in [-0.15, -0.1) is 0 Å². The largest absolute Gasteiger partial charge is 0.497 e. The molecular formula is C36H46O10. The maximum absolute atomic E-state index is 13.6. The normalized spacial score (nSPS) is 41.5. The van der Waals surface area contributed by atoms with Gasteiger partial charge in [0.15, 0.2) is 5.78 Å². The summed E-state index contributed by atoms with van der Waals surface area (Å²) in [5.74, 6) is -1.66. The minimum atomic E-state index is -2.06. The second-order valence-corrected chi connectivity index (χ2v) is 14.8. The summed E-state index contributed by atoms with van der Waals surface area (Å²) in [5.41, 5.74) is -7.68. The fraction of sp³-hybridized carbons (Fsp3) is 0.639. The Morgan fingerprint density at radius 2 is 1.76 bits per heavy atom. The molecule has 6 rings (SSSR count). The number of cyclic esters (lactones) is 1. The summed E-state index contributed by atoms with van der Waals surface area (Å²) in [6, 6.07) is 6.40. The van der Waals surface area contributed by atoms with Crippen LogP contribution >= 0.6 is 0 Å². The summed E-state index contributed by atoms with van der Waals surface area (Å²) in [7, 11) is 1.52. The predicted octanol–water partition coefficient (Wildman–Crippen LogP) is 3.85. The van der Waals surface area contributed by atoms with Crippen LogP contribution in [-0.4, -0.2) is 81.9 Å². The maximum atomic E-state index is 13.6. The number of ether oxygens (including phenoxy) is 4. The Morgan fingerprint density at radius 3 is 2.41 bits per heavy atom. The van der Waals surface area contributed by atoms with E-state index in [1.807, 2.05) is 19.9 Å². The molecule has 250 valence electrons. The van der Waals surface area contributed by atoms with E-state index in [4.69, 9.17) is 18.9 Å². The fourth-order valence-electron chi connectivity index (χ4n) is 9.64. The molecule has 1 aromatic carbocycles. The number of benzene rings is 1. The quantitative estimate of drug-likeness (QED) is 0.393. The summed E-state index contributed by atoms with van der Waals surface area (Å²) in [5, 5.41) is 38.3. The van der Waals surface area contributed by atoms with Crippen molar-refractivity contribution in [1.82, 2.24) is 0 Å². The Labute approximate surface area is 269 Å². The highest BCUT2D eigenvalue weighted by Gasteiger charge is 2.80. The van der Waals surface area contributed by atoms with E-state index in [0.717, 1.165) is 5.57 Å². The highest BCUT2D eigenvalue weighted by atomic mass is 16.6. The molecule has 2 aliphatic heterocycles. The van der Waals surface area contributed by atoms with Crippen molar-refractivity contribution in [2.24, 2.45) is 22.7 Å². The van der Waals surface area contributed by atoms with Gasteiger partial charge in [-0.2, -0.15) is 0 Å². The second kappa shape index (κ2) is 10.7. The molecule has 46 heavy (non-hydrogen) atoms. The van der Waals surface area contributed by atoms with Gasteiger partial charge >= 0.3 is 11.9 Å². The first kappa shape index (κ1) is 32.9. The summed E-state index contributed by atoms with van der Waals surface area (Å²) in [4.78, 5) is 39.8. The van der Waals surface area contributed by atoms with Crippen molar-refractivity contribution in [1.29, 1.82) is 0 Å². The molecule has 1 aromatic rings. The third-order valence-corrected chi connectivity index (χ3v) is 13.1.